The quantitative estimate of drug-likeness (QED) is 0.725. The molecular formula is C12H18N2. The number of H-pyrrole nitrogens is 1. The summed E-state index contributed by atoms with van der Waals surface area (Å²) in [5.74, 6) is 0.827. The molecular weight excluding hydrogens is 172 g/mol. The van der Waals surface area contributed by atoms with Crippen LogP contribution in [-0.4, -0.2) is 9.97 Å². The number of hydrogen-bond donors (Lipinski definition) is 1. The Hall–Kier alpha value is -1.57. The van der Waals surface area contributed by atoms with E-state index in [2.05, 4.69) is 23.1 Å². The normalized spacial score (nSPS) is 10.1. The average molecular weight is 190 g/mol. The number of nitrogens with zero attached hydrogens (tertiary/aromatic N) is 1. The van der Waals surface area contributed by atoms with Gasteiger partial charge in [-0.15, -0.1) is 0 Å². The van der Waals surface area contributed by atoms with Crippen LogP contribution in [0.1, 0.15) is 26.6 Å². The molecule has 0 fully saturated rings. The van der Waals surface area contributed by atoms with E-state index >= 15 is 0 Å². The Morgan fingerprint density at radius 2 is 2.14 bits per heavy atom. The topological polar surface area (TPSA) is 28.7 Å². The van der Waals surface area contributed by atoms with Crippen LogP contribution in [0.3, 0.4) is 0 Å². The van der Waals surface area contributed by atoms with Crippen LogP contribution < -0.4 is 0 Å². The van der Waals surface area contributed by atoms with Crippen LogP contribution in [0.25, 0.3) is 5.57 Å². The highest BCUT2D eigenvalue weighted by Crippen LogP contribution is 2.11. The van der Waals surface area contributed by atoms with Gasteiger partial charge in [0, 0.05) is 18.0 Å². The zero-order chi connectivity index (χ0) is 11.0. The second-order valence-electron chi connectivity index (χ2n) is 2.59. The maximum Gasteiger partial charge on any atom is 0.137 e. The van der Waals surface area contributed by atoms with Crippen LogP contribution in [0.2, 0.25) is 0 Å². The summed E-state index contributed by atoms with van der Waals surface area (Å²) in [5, 5.41) is 0. The highest BCUT2D eigenvalue weighted by molar-refractivity contribution is 5.70. The molecule has 76 valence electrons. The predicted octanol–water partition coefficient (Wildman–Crippen LogP) is 3.58. The van der Waals surface area contributed by atoms with Crippen molar-refractivity contribution in [1.82, 2.24) is 9.97 Å². The average Bonchev–Trinajstić information content (AvgIpc) is 2.70. The Bertz CT molecular complexity index is 305. The van der Waals surface area contributed by atoms with Crippen molar-refractivity contribution >= 4 is 5.57 Å². The maximum atomic E-state index is 4.10. The van der Waals surface area contributed by atoms with Gasteiger partial charge in [0.25, 0.3) is 0 Å². The van der Waals surface area contributed by atoms with Gasteiger partial charge in [-0.1, -0.05) is 38.7 Å². The first-order valence-electron chi connectivity index (χ1n) is 4.73. The van der Waals surface area contributed by atoms with Crippen LogP contribution in [-0.2, 0) is 0 Å². The first-order valence-corrected chi connectivity index (χ1v) is 4.73. The van der Waals surface area contributed by atoms with Gasteiger partial charge in [0.15, 0.2) is 0 Å². The summed E-state index contributed by atoms with van der Waals surface area (Å²) in [6, 6.07) is 0. The Morgan fingerprint density at radius 3 is 2.50 bits per heavy atom. The molecule has 1 N–H and O–H groups in total. The van der Waals surface area contributed by atoms with E-state index in [0.29, 0.717) is 0 Å². The van der Waals surface area contributed by atoms with E-state index < -0.39 is 0 Å². The first-order chi connectivity index (χ1) is 6.74. The number of aromatic nitrogens is 2. The lowest BCUT2D eigenvalue weighted by molar-refractivity contribution is 1.24. The van der Waals surface area contributed by atoms with E-state index in [9.17, 15) is 0 Å². The highest BCUT2D eigenvalue weighted by Gasteiger charge is 1.97. The van der Waals surface area contributed by atoms with Crippen molar-refractivity contribution in [3.63, 3.8) is 0 Å². The minimum Gasteiger partial charge on any atom is -0.345 e. The smallest absolute Gasteiger partial charge is 0.137 e. The second kappa shape index (κ2) is 6.89. The lowest BCUT2D eigenvalue weighted by Crippen LogP contribution is -1.83. The van der Waals surface area contributed by atoms with E-state index in [-0.39, 0.29) is 0 Å². The molecule has 0 aliphatic carbocycles. The number of imidazole rings is 1. The third kappa shape index (κ3) is 3.90. The molecule has 0 amide bonds. The van der Waals surface area contributed by atoms with Crippen molar-refractivity contribution in [2.45, 2.75) is 20.8 Å². The number of allylic oxidation sites excluding steroid dienone is 4. The molecule has 0 saturated carbocycles. The van der Waals surface area contributed by atoms with Gasteiger partial charge in [-0.2, -0.15) is 0 Å². The van der Waals surface area contributed by atoms with E-state index in [1.807, 2.05) is 26.8 Å². The van der Waals surface area contributed by atoms with Crippen molar-refractivity contribution in [3.8, 4) is 0 Å². The van der Waals surface area contributed by atoms with Gasteiger partial charge in [-0.25, -0.2) is 4.98 Å². The van der Waals surface area contributed by atoms with Crippen molar-refractivity contribution in [1.29, 1.82) is 0 Å². The number of nitrogens with one attached hydrogen (secondary N) is 1. The molecule has 2 nitrogen and oxygen atoms in total. The van der Waals surface area contributed by atoms with Gasteiger partial charge in [0.1, 0.15) is 5.82 Å². The van der Waals surface area contributed by atoms with Crippen LogP contribution in [0, 0.1) is 0 Å². The molecule has 1 aromatic heterocycles. The molecule has 14 heavy (non-hydrogen) atoms. The van der Waals surface area contributed by atoms with Gasteiger partial charge in [0.05, 0.1) is 0 Å². The van der Waals surface area contributed by atoms with E-state index in [0.717, 1.165) is 17.0 Å². The molecule has 2 heteroatoms. The molecule has 1 rings (SSSR count). The summed E-state index contributed by atoms with van der Waals surface area (Å²) < 4.78 is 0. The summed E-state index contributed by atoms with van der Waals surface area (Å²) in [5.41, 5.74) is 1.95. The Morgan fingerprint density at radius 1 is 1.50 bits per heavy atom. The van der Waals surface area contributed by atoms with E-state index in [1.165, 1.54) is 0 Å². The predicted molar refractivity (Wildman–Crippen MR) is 62.9 cm³/mol. The summed E-state index contributed by atoms with van der Waals surface area (Å²) in [7, 11) is 0. The third-order valence-corrected chi connectivity index (χ3v) is 1.39. The van der Waals surface area contributed by atoms with Crippen molar-refractivity contribution in [3.05, 3.63) is 49.1 Å². The Labute approximate surface area is 86.1 Å². The lowest BCUT2D eigenvalue weighted by atomic mass is 10.2. The molecule has 0 saturated heterocycles. The van der Waals surface area contributed by atoms with E-state index in [4.69, 9.17) is 0 Å². The van der Waals surface area contributed by atoms with Gasteiger partial charge >= 0.3 is 0 Å². The zero-order valence-corrected chi connectivity index (χ0v) is 9.17. The van der Waals surface area contributed by atoms with Crippen LogP contribution in [0.5, 0.6) is 0 Å². The summed E-state index contributed by atoms with van der Waals surface area (Å²) in [6.07, 6.45) is 7.19. The fraction of sp³-hybridized carbons (Fsp3) is 0.250. The molecule has 0 atom stereocenters. The van der Waals surface area contributed by atoms with Gasteiger partial charge < -0.3 is 4.98 Å². The molecule has 0 unspecified atom stereocenters. The largest absolute Gasteiger partial charge is 0.345 e. The summed E-state index contributed by atoms with van der Waals surface area (Å²) >= 11 is 0. The molecule has 1 heterocycles. The number of aromatic amines is 1. The van der Waals surface area contributed by atoms with Crippen LogP contribution in [0.4, 0.5) is 0 Å². The third-order valence-electron chi connectivity index (χ3n) is 1.39. The standard InChI is InChI=1S/C10H12N2.C2H6/c1-4-9(7-8(2)3)10-11-5-6-12-10;1-2/h4-7H,1-2H2,3H3,(H,11,12);1-2H3/b9-7+;. The molecule has 0 bridgehead atoms. The minimum atomic E-state index is 0.827. The zero-order valence-electron chi connectivity index (χ0n) is 9.17. The number of rotatable bonds is 3. The minimum absolute atomic E-state index is 0.827. The fourth-order valence-corrected chi connectivity index (χ4v) is 0.913. The van der Waals surface area contributed by atoms with Crippen molar-refractivity contribution < 1.29 is 0 Å². The van der Waals surface area contributed by atoms with Crippen molar-refractivity contribution in [2.24, 2.45) is 0 Å². The molecule has 1 aromatic rings. The maximum absolute atomic E-state index is 4.10. The second-order valence-corrected chi connectivity index (χ2v) is 2.59. The fourth-order valence-electron chi connectivity index (χ4n) is 0.913. The summed E-state index contributed by atoms with van der Waals surface area (Å²) in [4.78, 5) is 7.11. The number of hydrogen-bond acceptors (Lipinski definition) is 1. The van der Waals surface area contributed by atoms with Gasteiger partial charge in [-0.05, 0) is 13.0 Å². The molecule has 0 aromatic carbocycles. The van der Waals surface area contributed by atoms with E-state index in [1.54, 1.807) is 18.5 Å². The lowest BCUT2D eigenvalue weighted by Gasteiger charge is -1.96. The SMILES string of the molecule is C=C/C(=C\C(=C)C)c1ncc[nH]1.CC. The monoisotopic (exact) mass is 190 g/mol. The Kier molecular flexibility index (Phi) is 6.12. The first kappa shape index (κ1) is 12.4. The van der Waals surface area contributed by atoms with Crippen molar-refractivity contribution in [2.75, 3.05) is 0 Å². The highest BCUT2D eigenvalue weighted by atomic mass is 14.9. The molecule has 0 radical (unpaired) electrons. The molecule has 0 spiro atoms. The van der Waals surface area contributed by atoms with Crippen LogP contribution in [0.15, 0.2) is 43.3 Å². The molecule has 0 aliphatic heterocycles. The molecule has 0 aliphatic rings. The van der Waals surface area contributed by atoms with Crippen LogP contribution >= 0.6 is 0 Å². The summed E-state index contributed by atoms with van der Waals surface area (Å²) in [6.45, 7) is 13.4. The van der Waals surface area contributed by atoms with Gasteiger partial charge in [0.2, 0.25) is 0 Å². The Balaban J connectivity index is 0.000000791. The van der Waals surface area contributed by atoms with Gasteiger partial charge in [-0.3, -0.25) is 0 Å².